The molecular formula is C21H30N2O5. The largest absolute Gasteiger partial charge is 0.467 e. The maximum atomic E-state index is 13.1. The first-order chi connectivity index (χ1) is 13.2. The summed E-state index contributed by atoms with van der Waals surface area (Å²) in [7, 11) is 1.32. The minimum atomic E-state index is -0.735. The standard InChI is InChI=1S/C21H30N2O5/c1-21(2,3)28-20(26)22-16-12-8-9-13-23(18(16)24)17(19(25)27-4)14-15-10-6-5-7-11-15/h5-7,10-11,16-17H,8-9,12-14H2,1-4H3,(H,22,26)/t16-,17-/m0/s1. The number of methoxy groups -OCH3 is 1. The maximum Gasteiger partial charge on any atom is 0.408 e. The lowest BCUT2D eigenvalue weighted by Gasteiger charge is -2.31. The number of benzene rings is 1. The molecule has 0 saturated carbocycles. The molecule has 2 rings (SSSR count). The monoisotopic (exact) mass is 390 g/mol. The third kappa shape index (κ3) is 6.25. The van der Waals surface area contributed by atoms with Crippen molar-refractivity contribution in [2.75, 3.05) is 13.7 Å². The molecule has 0 aromatic heterocycles. The molecular weight excluding hydrogens is 360 g/mol. The highest BCUT2D eigenvalue weighted by molar-refractivity contribution is 5.90. The van der Waals surface area contributed by atoms with E-state index in [0.717, 1.165) is 18.4 Å². The molecule has 2 amide bonds. The average molecular weight is 390 g/mol. The summed E-state index contributed by atoms with van der Waals surface area (Å²) in [5.74, 6) is -0.746. The Kier molecular flexibility index (Phi) is 7.43. The summed E-state index contributed by atoms with van der Waals surface area (Å²) < 4.78 is 10.2. The van der Waals surface area contributed by atoms with Gasteiger partial charge in [-0.2, -0.15) is 0 Å². The van der Waals surface area contributed by atoms with E-state index in [2.05, 4.69) is 5.32 Å². The van der Waals surface area contributed by atoms with E-state index in [1.54, 1.807) is 20.8 Å². The molecule has 0 spiro atoms. The fourth-order valence-electron chi connectivity index (χ4n) is 3.25. The van der Waals surface area contributed by atoms with Crippen LogP contribution >= 0.6 is 0 Å². The van der Waals surface area contributed by atoms with Gasteiger partial charge < -0.3 is 19.7 Å². The van der Waals surface area contributed by atoms with Crippen molar-refractivity contribution in [1.29, 1.82) is 0 Å². The number of nitrogens with zero attached hydrogens (tertiary/aromatic N) is 1. The summed E-state index contributed by atoms with van der Waals surface area (Å²) in [6.07, 6.45) is 1.75. The molecule has 7 nitrogen and oxygen atoms in total. The number of ether oxygens (including phenoxy) is 2. The number of amides is 2. The van der Waals surface area contributed by atoms with Gasteiger partial charge in [0.25, 0.3) is 0 Å². The summed E-state index contributed by atoms with van der Waals surface area (Å²) >= 11 is 0. The summed E-state index contributed by atoms with van der Waals surface area (Å²) in [5, 5.41) is 2.67. The highest BCUT2D eigenvalue weighted by Gasteiger charge is 2.37. The van der Waals surface area contributed by atoms with Crippen LogP contribution in [-0.2, 0) is 25.5 Å². The van der Waals surface area contributed by atoms with E-state index in [-0.39, 0.29) is 5.91 Å². The van der Waals surface area contributed by atoms with E-state index in [0.29, 0.717) is 19.4 Å². The van der Waals surface area contributed by atoms with Gasteiger partial charge in [-0.1, -0.05) is 30.3 Å². The fraction of sp³-hybridized carbons (Fsp3) is 0.571. The van der Waals surface area contributed by atoms with Crippen molar-refractivity contribution < 1.29 is 23.9 Å². The highest BCUT2D eigenvalue weighted by atomic mass is 16.6. The molecule has 1 heterocycles. The van der Waals surface area contributed by atoms with Crippen LogP contribution in [0, 0.1) is 0 Å². The van der Waals surface area contributed by atoms with Crippen LogP contribution in [-0.4, -0.2) is 54.2 Å². The maximum absolute atomic E-state index is 13.1. The van der Waals surface area contributed by atoms with Crippen LogP contribution in [0.15, 0.2) is 30.3 Å². The van der Waals surface area contributed by atoms with E-state index in [1.165, 1.54) is 12.0 Å². The zero-order valence-electron chi connectivity index (χ0n) is 17.1. The van der Waals surface area contributed by atoms with Gasteiger partial charge in [0.05, 0.1) is 7.11 Å². The number of likely N-dealkylation sites (tertiary alicyclic amines) is 1. The van der Waals surface area contributed by atoms with Gasteiger partial charge in [0.2, 0.25) is 5.91 Å². The number of alkyl carbamates (subject to hydrolysis) is 1. The molecule has 1 saturated heterocycles. The fourth-order valence-corrected chi connectivity index (χ4v) is 3.25. The molecule has 1 aromatic carbocycles. The molecule has 7 heteroatoms. The van der Waals surface area contributed by atoms with Gasteiger partial charge in [0.1, 0.15) is 17.7 Å². The Morgan fingerprint density at radius 3 is 2.50 bits per heavy atom. The highest BCUT2D eigenvalue weighted by Crippen LogP contribution is 2.19. The normalized spacial score (nSPS) is 18.8. The molecule has 0 bridgehead atoms. The van der Waals surface area contributed by atoms with Crippen LogP contribution in [0.1, 0.15) is 45.6 Å². The summed E-state index contributed by atoms with van der Waals surface area (Å²) in [6, 6.07) is 8.04. The molecule has 1 aliphatic heterocycles. The van der Waals surface area contributed by atoms with Crippen LogP contribution in [0.4, 0.5) is 4.79 Å². The van der Waals surface area contributed by atoms with Crippen molar-refractivity contribution >= 4 is 18.0 Å². The molecule has 0 radical (unpaired) electrons. The van der Waals surface area contributed by atoms with Gasteiger partial charge in [-0.05, 0) is 45.6 Å². The Morgan fingerprint density at radius 1 is 1.21 bits per heavy atom. The second-order valence-corrected chi connectivity index (χ2v) is 7.95. The molecule has 1 N–H and O–H groups in total. The van der Waals surface area contributed by atoms with Crippen molar-refractivity contribution in [2.45, 2.75) is 64.1 Å². The average Bonchev–Trinajstić information content (AvgIpc) is 2.80. The minimum absolute atomic E-state index is 0.283. The summed E-state index contributed by atoms with van der Waals surface area (Å²) in [5.41, 5.74) is 0.283. The topological polar surface area (TPSA) is 84.9 Å². The van der Waals surface area contributed by atoms with Crippen LogP contribution < -0.4 is 5.32 Å². The molecule has 28 heavy (non-hydrogen) atoms. The van der Waals surface area contributed by atoms with Gasteiger partial charge in [-0.15, -0.1) is 0 Å². The van der Waals surface area contributed by atoms with Crippen LogP contribution in [0.25, 0.3) is 0 Å². The van der Waals surface area contributed by atoms with E-state index in [4.69, 9.17) is 9.47 Å². The lowest BCUT2D eigenvalue weighted by Crippen LogP contribution is -2.54. The predicted octanol–water partition coefficient (Wildman–Crippen LogP) is 2.68. The van der Waals surface area contributed by atoms with Gasteiger partial charge in [0, 0.05) is 13.0 Å². The van der Waals surface area contributed by atoms with Gasteiger partial charge in [-0.3, -0.25) is 4.79 Å². The van der Waals surface area contributed by atoms with Crippen molar-refractivity contribution in [3.8, 4) is 0 Å². The Labute approximate surface area is 166 Å². The molecule has 2 atom stereocenters. The zero-order valence-corrected chi connectivity index (χ0v) is 17.1. The summed E-state index contributed by atoms with van der Waals surface area (Å²) in [4.78, 5) is 39.3. The molecule has 154 valence electrons. The zero-order chi connectivity index (χ0) is 20.7. The lowest BCUT2D eigenvalue weighted by atomic mass is 10.0. The third-order valence-electron chi connectivity index (χ3n) is 4.54. The number of carbonyl (C=O) groups is 3. The van der Waals surface area contributed by atoms with Crippen molar-refractivity contribution in [3.63, 3.8) is 0 Å². The van der Waals surface area contributed by atoms with Gasteiger partial charge >= 0.3 is 12.1 Å². The second kappa shape index (κ2) is 9.57. The smallest absolute Gasteiger partial charge is 0.408 e. The summed E-state index contributed by atoms with van der Waals surface area (Å²) in [6.45, 7) is 5.74. The van der Waals surface area contributed by atoms with E-state index >= 15 is 0 Å². The first-order valence-corrected chi connectivity index (χ1v) is 9.63. The molecule has 1 aromatic rings. The number of carbonyl (C=O) groups excluding carboxylic acids is 3. The van der Waals surface area contributed by atoms with E-state index < -0.39 is 29.7 Å². The van der Waals surface area contributed by atoms with Crippen LogP contribution in [0.2, 0.25) is 0 Å². The Morgan fingerprint density at radius 2 is 1.89 bits per heavy atom. The number of nitrogens with one attached hydrogen (secondary N) is 1. The molecule has 1 fully saturated rings. The second-order valence-electron chi connectivity index (χ2n) is 7.95. The Bertz CT molecular complexity index is 684. The Hall–Kier alpha value is -2.57. The predicted molar refractivity (Wildman–Crippen MR) is 105 cm³/mol. The van der Waals surface area contributed by atoms with Crippen molar-refractivity contribution in [2.24, 2.45) is 0 Å². The SMILES string of the molecule is COC(=O)[C@H](Cc1ccccc1)N1CCCC[C@H](NC(=O)OC(C)(C)C)C1=O. The Balaban J connectivity index is 2.18. The van der Waals surface area contributed by atoms with Gasteiger partial charge in [0.15, 0.2) is 0 Å². The quantitative estimate of drug-likeness (QED) is 0.782. The van der Waals surface area contributed by atoms with Gasteiger partial charge in [-0.25, -0.2) is 9.59 Å². The number of hydrogen-bond donors (Lipinski definition) is 1. The number of esters is 1. The van der Waals surface area contributed by atoms with E-state index in [1.807, 2.05) is 30.3 Å². The van der Waals surface area contributed by atoms with Crippen LogP contribution in [0.3, 0.4) is 0 Å². The lowest BCUT2D eigenvalue weighted by molar-refractivity contribution is -0.153. The molecule has 0 aliphatic carbocycles. The first-order valence-electron chi connectivity index (χ1n) is 9.63. The number of hydrogen-bond acceptors (Lipinski definition) is 5. The molecule has 0 unspecified atom stereocenters. The third-order valence-corrected chi connectivity index (χ3v) is 4.54. The minimum Gasteiger partial charge on any atom is -0.467 e. The number of rotatable bonds is 5. The van der Waals surface area contributed by atoms with Crippen molar-refractivity contribution in [1.82, 2.24) is 10.2 Å². The molecule has 1 aliphatic rings. The first kappa shape index (κ1) is 21.7. The van der Waals surface area contributed by atoms with E-state index in [9.17, 15) is 14.4 Å². The van der Waals surface area contributed by atoms with Crippen molar-refractivity contribution in [3.05, 3.63) is 35.9 Å². The van der Waals surface area contributed by atoms with Crippen LogP contribution in [0.5, 0.6) is 0 Å².